The van der Waals surface area contributed by atoms with Gasteiger partial charge in [0.15, 0.2) is 11.9 Å². The molecule has 274 valence electrons. The van der Waals surface area contributed by atoms with E-state index in [4.69, 9.17) is 24.1 Å². The molecule has 0 aliphatic carbocycles. The first-order chi connectivity index (χ1) is 23.1. The summed E-state index contributed by atoms with van der Waals surface area (Å²) in [5, 5.41) is 28.7. The summed E-state index contributed by atoms with van der Waals surface area (Å²) in [4.78, 5) is 36.9. The number of ether oxygens (including phenoxy) is 4. The molecule has 0 radical (unpaired) electrons. The fourth-order valence-corrected chi connectivity index (χ4v) is 6.73. The van der Waals surface area contributed by atoms with Crippen molar-refractivity contribution < 1.29 is 48.7 Å². The van der Waals surface area contributed by atoms with E-state index >= 15 is 0 Å². The molecular formula is C39H58O10. The lowest BCUT2D eigenvalue weighted by Crippen LogP contribution is -2.37. The van der Waals surface area contributed by atoms with Gasteiger partial charge < -0.3 is 34.3 Å². The van der Waals surface area contributed by atoms with Gasteiger partial charge in [0.2, 0.25) is 0 Å². The van der Waals surface area contributed by atoms with Crippen molar-refractivity contribution in [2.75, 3.05) is 6.61 Å². The third kappa shape index (κ3) is 11.1. The number of aliphatic hydroxyl groups is 3. The number of benzene rings is 1. The smallest absolute Gasteiger partial charge is 0.378 e. The predicted octanol–water partition coefficient (Wildman–Crippen LogP) is 7.19. The van der Waals surface area contributed by atoms with E-state index in [-0.39, 0.29) is 5.60 Å². The molecule has 10 nitrogen and oxygen atoms in total. The van der Waals surface area contributed by atoms with Crippen LogP contribution in [0.25, 0.3) is 0 Å². The summed E-state index contributed by atoms with van der Waals surface area (Å²) in [7, 11) is 0. The zero-order chi connectivity index (χ0) is 36.5. The van der Waals surface area contributed by atoms with Gasteiger partial charge in [0.05, 0.1) is 6.61 Å². The van der Waals surface area contributed by atoms with E-state index in [0.717, 1.165) is 77.7 Å². The molecule has 3 rings (SSSR count). The summed E-state index contributed by atoms with van der Waals surface area (Å²) in [5.74, 6) is -1.28. The maximum atomic E-state index is 12.7. The SMILES string of the molecule is Cc1c(C)c2c(c(C)c1OC(=O)/C=C\C(=O)OC1=C(O)[C@@H]([C@@H](O)CO)OC1=O)CC[C@@](C)(CCC[C@H](C)CCC[C@H](C)CCCC(C)C)O2. The van der Waals surface area contributed by atoms with Crippen LogP contribution in [0.15, 0.2) is 23.7 Å². The molecule has 2 aliphatic heterocycles. The standard InChI is InChI=1S/C39H58O10/c1-23(2)12-9-13-24(3)14-10-15-25(4)16-11-20-39(8)21-19-29-28(7)34(26(5)27(6)35(29)49-39)46-31(42)17-18-32(43)47-37-33(44)36(30(41)22-40)48-38(37)45/h17-18,23-25,30,36,40-41,44H,9-16,19-22H2,1-8H3/b18-17-/t24-,25-,30+,36-,39-/m1/s1. The van der Waals surface area contributed by atoms with E-state index in [1.54, 1.807) is 0 Å². The van der Waals surface area contributed by atoms with Crippen LogP contribution in [0.2, 0.25) is 0 Å². The molecule has 3 N–H and O–H groups in total. The Labute approximate surface area is 291 Å². The first-order valence-corrected chi connectivity index (χ1v) is 17.9. The average Bonchev–Trinajstić information content (AvgIpc) is 3.32. The van der Waals surface area contributed by atoms with Crippen LogP contribution in [-0.2, 0) is 30.3 Å². The highest BCUT2D eigenvalue weighted by atomic mass is 16.6. The second kappa shape index (κ2) is 18.0. The number of fused-ring (bicyclic) bond motifs is 1. The maximum Gasteiger partial charge on any atom is 0.378 e. The molecule has 0 spiro atoms. The van der Waals surface area contributed by atoms with Crippen LogP contribution < -0.4 is 9.47 Å². The topological polar surface area (TPSA) is 149 Å². The number of rotatable bonds is 18. The zero-order valence-electron chi connectivity index (χ0n) is 30.7. The van der Waals surface area contributed by atoms with Gasteiger partial charge in [-0.2, -0.15) is 0 Å². The van der Waals surface area contributed by atoms with Crippen molar-refractivity contribution in [2.45, 2.75) is 144 Å². The van der Waals surface area contributed by atoms with E-state index in [0.29, 0.717) is 11.7 Å². The summed E-state index contributed by atoms with van der Waals surface area (Å²) in [6.07, 6.45) is 11.3. The summed E-state index contributed by atoms with van der Waals surface area (Å²) in [6.45, 7) is 16.5. The van der Waals surface area contributed by atoms with Crippen LogP contribution in [-0.4, -0.2) is 57.6 Å². The van der Waals surface area contributed by atoms with E-state index in [2.05, 4.69) is 34.6 Å². The van der Waals surface area contributed by atoms with Crippen molar-refractivity contribution in [2.24, 2.45) is 17.8 Å². The number of cyclic esters (lactones) is 1. The van der Waals surface area contributed by atoms with Crippen molar-refractivity contribution in [3.8, 4) is 11.5 Å². The molecule has 5 atom stereocenters. The van der Waals surface area contributed by atoms with Crippen molar-refractivity contribution in [1.29, 1.82) is 0 Å². The molecular weight excluding hydrogens is 628 g/mol. The van der Waals surface area contributed by atoms with Crippen LogP contribution in [0.1, 0.15) is 121 Å². The molecule has 1 aromatic rings. The Morgan fingerprint density at radius 3 is 2.06 bits per heavy atom. The second-order valence-electron chi connectivity index (χ2n) is 14.9. The molecule has 0 fully saturated rings. The van der Waals surface area contributed by atoms with Crippen molar-refractivity contribution in [3.63, 3.8) is 0 Å². The van der Waals surface area contributed by atoms with Crippen LogP contribution in [0, 0.1) is 38.5 Å². The molecule has 0 amide bonds. The van der Waals surface area contributed by atoms with Crippen LogP contribution in [0.3, 0.4) is 0 Å². The van der Waals surface area contributed by atoms with Gasteiger partial charge in [-0.05, 0) is 87.8 Å². The van der Waals surface area contributed by atoms with Crippen LogP contribution >= 0.6 is 0 Å². The van der Waals surface area contributed by atoms with E-state index in [1.807, 2.05) is 20.8 Å². The Balaban J connectivity index is 1.53. The third-order valence-electron chi connectivity index (χ3n) is 10.1. The Morgan fingerprint density at radius 1 is 0.898 bits per heavy atom. The van der Waals surface area contributed by atoms with Crippen molar-refractivity contribution >= 4 is 17.9 Å². The molecule has 49 heavy (non-hydrogen) atoms. The Hall–Kier alpha value is -3.37. The highest BCUT2D eigenvalue weighted by Crippen LogP contribution is 2.45. The first-order valence-electron chi connectivity index (χ1n) is 17.9. The Bertz CT molecular complexity index is 1390. The minimum atomic E-state index is -1.59. The van der Waals surface area contributed by atoms with E-state index < -0.39 is 48.2 Å². The number of esters is 3. The van der Waals surface area contributed by atoms with Gasteiger partial charge in [-0.3, -0.25) is 0 Å². The summed E-state index contributed by atoms with van der Waals surface area (Å²) < 4.78 is 21.9. The Kier molecular flexibility index (Phi) is 14.7. The largest absolute Gasteiger partial charge is 0.505 e. The molecule has 0 aromatic heterocycles. The molecule has 10 heteroatoms. The third-order valence-corrected chi connectivity index (χ3v) is 10.1. The van der Waals surface area contributed by atoms with Gasteiger partial charge >= 0.3 is 17.9 Å². The van der Waals surface area contributed by atoms with Gasteiger partial charge in [-0.1, -0.05) is 72.6 Å². The lowest BCUT2D eigenvalue weighted by atomic mass is 9.83. The number of aliphatic hydroxyl groups excluding tert-OH is 3. The van der Waals surface area contributed by atoms with Gasteiger partial charge in [0, 0.05) is 17.7 Å². The minimum absolute atomic E-state index is 0.269. The average molecular weight is 687 g/mol. The molecule has 0 bridgehead atoms. The molecule has 0 saturated heterocycles. The highest BCUT2D eigenvalue weighted by Gasteiger charge is 2.41. The number of hydrogen-bond acceptors (Lipinski definition) is 10. The van der Waals surface area contributed by atoms with Gasteiger partial charge in [-0.15, -0.1) is 0 Å². The quantitative estimate of drug-likeness (QED) is 0.0823. The first kappa shape index (κ1) is 40.1. The number of carbonyl (C=O) groups is 3. The highest BCUT2D eigenvalue weighted by molar-refractivity contribution is 5.97. The van der Waals surface area contributed by atoms with Crippen molar-refractivity contribution in [3.05, 3.63) is 45.9 Å². The fraction of sp³-hybridized carbons (Fsp3) is 0.667. The van der Waals surface area contributed by atoms with Crippen LogP contribution in [0.4, 0.5) is 0 Å². The monoisotopic (exact) mass is 686 g/mol. The maximum absolute atomic E-state index is 12.7. The van der Waals surface area contributed by atoms with Gasteiger partial charge in [0.25, 0.3) is 5.76 Å². The van der Waals surface area contributed by atoms with Gasteiger partial charge in [-0.25, -0.2) is 14.4 Å². The zero-order valence-corrected chi connectivity index (χ0v) is 30.7. The fourth-order valence-electron chi connectivity index (χ4n) is 6.73. The lowest BCUT2D eigenvalue weighted by molar-refractivity contribution is -0.151. The number of carbonyl (C=O) groups excluding carboxylic acids is 3. The molecule has 1 aromatic carbocycles. The van der Waals surface area contributed by atoms with Gasteiger partial charge in [0.1, 0.15) is 23.2 Å². The number of hydrogen-bond donors (Lipinski definition) is 3. The molecule has 2 heterocycles. The summed E-state index contributed by atoms with van der Waals surface area (Å²) >= 11 is 0. The van der Waals surface area contributed by atoms with E-state index in [9.17, 15) is 24.6 Å². The molecule has 2 aliphatic rings. The molecule has 0 saturated carbocycles. The van der Waals surface area contributed by atoms with Crippen LogP contribution in [0.5, 0.6) is 11.5 Å². The van der Waals surface area contributed by atoms with E-state index in [1.165, 1.54) is 44.9 Å². The second-order valence-corrected chi connectivity index (χ2v) is 14.9. The Morgan fingerprint density at radius 2 is 1.47 bits per heavy atom. The lowest BCUT2D eigenvalue weighted by Gasteiger charge is -2.38. The van der Waals surface area contributed by atoms with Crippen molar-refractivity contribution in [1.82, 2.24) is 0 Å². The minimum Gasteiger partial charge on any atom is -0.505 e. The predicted molar refractivity (Wildman–Crippen MR) is 186 cm³/mol. The summed E-state index contributed by atoms with van der Waals surface area (Å²) in [6, 6.07) is 0. The summed E-state index contributed by atoms with van der Waals surface area (Å²) in [5.41, 5.74) is 3.19. The normalized spacial score (nSPS) is 21.0. The molecule has 0 unspecified atom stereocenters.